The van der Waals surface area contributed by atoms with Gasteiger partial charge in [0.15, 0.2) is 0 Å². The lowest BCUT2D eigenvalue weighted by Gasteiger charge is -2.22. The fourth-order valence-corrected chi connectivity index (χ4v) is 2.83. The number of carbonyl (C=O) groups excluding carboxylic acids is 1. The molecule has 0 aromatic heterocycles. The number of para-hydroxylation sites is 1. The molecule has 0 heterocycles. The third kappa shape index (κ3) is 6.82. The Labute approximate surface area is 171 Å². The molecule has 1 atom stereocenters. The molecular weight excluding hydrogens is 366 g/mol. The molecule has 2 N–H and O–H groups in total. The molecule has 2 aromatic rings. The number of nitriles is 1. The van der Waals surface area contributed by atoms with Gasteiger partial charge in [0.05, 0.1) is 0 Å². The molecule has 0 aliphatic carbocycles. The van der Waals surface area contributed by atoms with Crippen LogP contribution in [0.25, 0.3) is 0 Å². The van der Waals surface area contributed by atoms with Crippen molar-refractivity contribution in [1.29, 1.82) is 5.26 Å². The Kier molecular flexibility index (Phi) is 7.99. The molecule has 2 aromatic carbocycles. The van der Waals surface area contributed by atoms with Crippen LogP contribution in [0.15, 0.2) is 72.4 Å². The normalized spacial score (nSPS) is 12.1. The maximum atomic E-state index is 12.6. The molecule has 1 unspecified atom stereocenters. The van der Waals surface area contributed by atoms with E-state index in [9.17, 15) is 20.0 Å². The molecule has 0 saturated carbocycles. The fourth-order valence-electron chi connectivity index (χ4n) is 2.83. The Morgan fingerprint density at radius 3 is 2.21 bits per heavy atom. The van der Waals surface area contributed by atoms with Crippen LogP contribution in [0.4, 0.5) is 5.69 Å². The molecule has 6 nitrogen and oxygen atoms in total. The fraction of sp³-hybridized carbons (Fsp3) is 0.261. The number of carboxylic acids is 1. The van der Waals surface area contributed by atoms with Crippen LogP contribution in [0.2, 0.25) is 0 Å². The third-order valence-corrected chi connectivity index (χ3v) is 4.24. The van der Waals surface area contributed by atoms with E-state index in [0.29, 0.717) is 6.54 Å². The highest BCUT2D eigenvalue weighted by Gasteiger charge is 2.23. The first-order valence-corrected chi connectivity index (χ1v) is 9.42. The highest BCUT2D eigenvalue weighted by Crippen LogP contribution is 2.18. The van der Waals surface area contributed by atoms with E-state index in [-0.39, 0.29) is 17.9 Å². The number of carboxylic acid groups (broad SMARTS) is 1. The molecule has 6 heteroatoms. The second-order valence-electron chi connectivity index (χ2n) is 7.10. The summed E-state index contributed by atoms with van der Waals surface area (Å²) >= 11 is 0. The average molecular weight is 391 g/mol. The molecular formula is C23H25N3O3. The maximum absolute atomic E-state index is 12.6. The van der Waals surface area contributed by atoms with E-state index in [0.717, 1.165) is 11.3 Å². The van der Waals surface area contributed by atoms with Gasteiger partial charge in [-0.05, 0) is 30.0 Å². The van der Waals surface area contributed by atoms with Gasteiger partial charge in [-0.2, -0.15) is 5.26 Å². The van der Waals surface area contributed by atoms with Crippen LogP contribution in [0, 0.1) is 17.2 Å². The van der Waals surface area contributed by atoms with Crippen LogP contribution in [0.3, 0.4) is 0 Å². The smallest absolute Gasteiger partial charge is 0.326 e. The van der Waals surface area contributed by atoms with Gasteiger partial charge in [-0.3, -0.25) is 4.79 Å². The zero-order valence-electron chi connectivity index (χ0n) is 16.6. The molecule has 0 fully saturated rings. The number of anilines is 1. The van der Waals surface area contributed by atoms with Crippen LogP contribution in [0.1, 0.15) is 25.8 Å². The van der Waals surface area contributed by atoms with Gasteiger partial charge >= 0.3 is 5.97 Å². The van der Waals surface area contributed by atoms with Gasteiger partial charge in [-0.25, -0.2) is 4.79 Å². The summed E-state index contributed by atoms with van der Waals surface area (Å²) in [6.45, 7) is 4.21. The molecule has 0 saturated heterocycles. The highest BCUT2D eigenvalue weighted by molar-refractivity contribution is 5.99. The van der Waals surface area contributed by atoms with Crippen LogP contribution in [-0.2, 0) is 16.1 Å². The van der Waals surface area contributed by atoms with Crippen molar-refractivity contribution in [3.8, 4) is 6.07 Å². The van der Waals surface area contributed by atoms with Crippen LogP contribution < -0.4 is 10.2 Å². The molecule has 0 aliphatic heterocycles. The molecule has 29 heavy (non-hydrogen) atoms. The first-order chi connectivity index (χ1) is 13.9. The number of benzene rings is 2. The van der Waals surface area contributed by atoms with Crippen molar-refractivity contribution < 1.29 is 14.7 Å². The first kappa shape index (κ1) is 21.7. The Morgan fingerprint density at radius 1 is 1.10 bits per heavy atom. The average Bonchev–Trinajstić information content (AvgIpc) is 2.71. The monoisotopic (exact) mass is 391 g/mol. The predicted octanol–water partition coefficient (Wildman–Crippen LogP) is 3.72. The van der Waals surface area contributed by atoms with Crippen molar-refractivity contribution in [1.82, 2.24) is 5.32 Å². The van der Waals surface area contributed by atoms with E-state index in [2.05, 4.69) is 5.32 Å². The highest BCUT2D eigenvalue weighted by atomic mass is 16.4. The zero-order valence-corrected chi connectivity index (χ0v) is 16.6. The SMILES string of the molecule is CC(C)CC(NC(=O)/C(C#N)=C\N(Cc1ccccc1)c1ccccc1)C(=O)O. The molecule has 150 valence electrons. The summed E-state index contributed by atoms with van der Waals surface area (Å²) in [6, 6.07) is 19.9. The summed E-state index contributed by atoms with van der Waals surface area (Å²) in [7, 11) is 0. The summed E-state index contributed by atoms with van der Waals surface area (Å²) in [6.07, 6.45) is 1.75. The first-order valence-electron chi connectivity index (χ1n) is 9.42. The largest absolute Gasteiger partial charge is 0.480 e. The summed E-state index contributed by atoms with van der Waals surface area (Å²) in [5.41, 5.74) is 1.67. The maximum Gasteiger partial charge on any atom is 0.326 e. The van der Waals surface area contributed by atoms with E-state index >= 15 is 0 Å². The zero-order chi connectivity index (χ0) is 21.2. The van der Waals surface area contributed by atoms with E-state index in [1.165, 1.54) is 6.20 Å². The van der Waals surface area contributed by atoms with Gasteiger partial charge in [0, 0.05) is 18.4 Å². The number of aliphatic carboxylic acids is 1. The van der Waals surface area contributed by atoms with Crippen molar-refractivity contribution >= 4 is 17.6 Å². The summed E-state index contributed by atoms with van der Waals surface area (Å²) < 4.78 is 0. The van der Waals surface area contributed by atoms with Gasteiger partial charge in [0.2, 0.25) is 0 Å². The summed E-state index contributed by atoms with van der Waals surface area (Å²) in [5.74, 6) is -1.73. The van der Waals surface area contributed by atoms with Crippen molar-refractivity contribution in [2.24, 2.45) is 5.92 Å². The van der Waals surface area contributed by atoms with E-state index < -0.39 is 17.9 Å². The van der Waals surface area contributed by atoms with Gasteiger partial charge in [0.25, 0.3) is 5.91 Å². The molecule has 0 aliphatic rings. The topological polar surface area (TPSA) is 93.4 Å². The number of carbonyl (C=O) groups is 2. The van der Waals surface area contributed by atoms with Crippen molar-refractivity contribution in [3.05, 3.63) is 78.0 Å². The minimum absolute atomic E-state index is 0.0878. The van der Waals surface area contributed by atoms with Crippen molar-refractivity contribution in [2.45, 2.75) is 32.9 Å². The second-order valence-corrected chi connectivity index (χ2v) is 7.10. The number of rotatable bonds is 9. The lowest BCUT2D eigenvalue weighted by atomic mass is 10.0. The number of amides is 1. The van der Waals surface area contributed by atoms with Gasteiger partial charge in [-0.1, -0.05) is 62.4 Å². The third-order valence-electron chi connectivity index (χ3n) is 4.24. The predicted molar refractivity (Wildman–Crippen MR) is 112 cm³/mol. The number of nitrogens with one attached hydrogen (secondary N) is 1. The summed E-state index contributed by atoms with van der Waals surface area (Å²) in [5, 5.41) is 21.4. The molecule has 2 rings (SSSR count). The van der Waals surface area contributed by atoms with Crippen LogP contribution in [0.5, 0.6) is 0 Å². The van der Waals surface area contributed by atoms with Gasteiger partial charge in [0.1, 0.15) is 17.7 Å². The number of hydrogen-bond acceptors (Lipinski definition) is 4. The quantitative estimate of drug-likeness (QED) is 0.502. The lowest BCUT2D eigenvalue weighted by molar-refractivity contribution is -0.141. The minimum Gasteiger partial charge on any atom is -0.480 e. The second kappa shape index (κ2) is 10.7. The van der Waals surface area contributed by atoms with Crippen molar-refractivity contribution in [2.75, 3.05) is 4.90 Å². The van der Waals surface area contributed by atoms with Crippen LogP contribution >= 0.6 is 0 Å². The molecule has 0 bridgehead atoms. The Hall–Kier alpha value is -3.59. The number of nitrogens with zero attached hydrogens (tertiary/aromatic N) is 2. The lowest BCUT2D eigenvalue weighted by Crippen LogP contribution is -2.42. The Morgan fingerprint density at radius 2 is 1.69 bits per heavy atom. The number of hydrogen-bond donors (Lipinski definition) is 2. The van der Waals surface area contributed by atoms with Gasteiger partial charge in [-0.15, -0.1) is 0 Å². The van der Waals surface area contributed by atoms with Crippen LogP contribution in [-0.4, -0.2) is 23.0 Å². The Bertz CT molecular complexity index is 887. The molecule has 1 amide bonds. The molecule has 0 radical (unpaired) electrons. The van der Waals surface area contributed by atoms with Gasteiger partial charge < -0.3 is 15.3 Å². The standard InChI is InChI=1S/C23H25N3O3/c1-17(2)13-21(23(28)29)25-22(27)19(14-24)16-26(20-11-7-4-8-12-20)15-18-9-5-3-6-10-18/h3-12,16-17,21H,13,15H2,1-2H3,(H,25,27)(H,28,29)/b19-16-. The van der Waals surface area contributed by atoms with Crippen molar-refractivity contribution in [3.63, 3.8) is 0 Å². The minimum atomic E-state index is -1.12. The molecule has 0 spiro atoms. The Balaban J connectivity index is 2.29. The van der Waals surface area contributed by atoms with E-state index in [1.54, 1.807) is 4.90 Å². The van der Waals surface area contributed by atoms with E-state index in [1.807, 2.05) is 80.6 Å². The van der Waals surface area contributed by atoms with E-state index in [4.69, 9.17) is 0 Å². The summed E-state index contributed by atoms with van der Waals surface area (Å²) in [4.78, 5) is 25.8.